The molecule has 0 bridgehead atoms. The zero-order chi connectivity index (χ0) is 15.0. The Labute approximate surface area is 125 Å². The van der Waals surface area contributed by atoms with Crippen LogP contribution in [0.15, 0.2) is 54.6 Å². The van der Waals surface area contributed by atoms with Crippen molar-refractivity contribution in [3.8, 4) is 0 Å². The molecule has 1 aliphatic heterocycles. The number of hydrogen-bond acceptors (Lipinski definition) is 2. The predicted octanol–water partition coefficient (Wildman–Crippen LogP) is 3.05. The van der Waals surface area contributed by atoms with Crippen LogP contribution in [-0.2, 0) is 4.79 Å². The van der Waals surface area contributed by atoms with E-state index < -0.39 is 0 Å². The van der Waals surface area contributed by atoms with E-state index in [1.54, 1.807) is 0 Å². The molecule has 2 atom stereocenters. The molecule has 1 aliphatic rings. The summed E-state index contributed by atoms with van der Waals surface area (Å²) in [6.07, 6.45) is 0. The maximum absolute atomic E-state index is 12.3. The van der Waals surface area contributed by atoms with Crippen molar-refractivity contribution in [1.82, 2.24) is 4.90 Å². The predicted molar refractivity (Wildman–Crippen MR) is 85.5 cm³/mol. The fraction of sp³-hybridized carbons (Fsp3) is 0.278. The molecule has 1 fully saturated rings. The number of amides is 1. The van der Waals surface area contributed by atoms with Crippen molar-refractivity contribution in [2.45, 2.75) is 12.0 Å². The molecule has 0 aromatic heterocycles. The van der Waals surface area contributed by atoms with Crippen molar-refractivity contribution in [1.29, 1.82) is 0 Å². The number of β-lactam (4-membered cyclic amide) rings is 1. The first-order chi connectivity index (χ1) is 10.1. The van der Waals surface area contributed by atoms with E-state index >= 15 is 0 Å². The molecule has 3 nitrogen and oxygen atoms in total. The summed E-state index contributed by atoms with van der Waals surface area (Å²) in [4.78, 5) is 16.2. The molecule has 21 heavy (non-hydrogen) atoms. The second-order valence-corrected chi connectivity index (χ2v) is 5.77. The lowest BCUT2D eigenvalue weighted by atomic mass is 9.78. The maximum Gasteiger partial charge on any atom is 0.232 e. The van der Waals surface area contributed by atoms with Crippen molar-refractivity contribution in [3.63, 3.8) is 0 Å². The molecule has 0 spiro atoms. The Morgan fingerprint density at radius 2 is 1.52 bits per heavy atom. The number of likely N-dealkylation sites (N-methyl/N-ethyl adjacent to an activating group) is 1. The van der Waals surface area contributed by atoms with Gasteiger partial charge in [0, 0.05) is 26.8 Å². The lowest BCUT2D eigenvalue weighted by Crippen LogP contribution is -2.50. The highest BCUT2D eigenvalue weighted by Gasteiger charge is 2.46. The van der Waals surface area contributed by atoms with Gasteiger partial charge in [-0.15, -0.1) is 0 Å². The van der Waals surface area contributed by atoms with Gasteiger partial charge in [-0.25, -0.2) is 0 Å². The van der Waals surface area contributed by atoms with Gasteiger partial charge in [-0.2, -0.15) is 0 Å². The molecule has 108 valence electrons. The molecule has 0 aliphatic carbocycles. The average Bonchev–Trinajstić information content (AvgIpc) is 2.52. The van der Waals surface area contributed by atoms with E-state index in [-0.39, 0.29) is 17.9 Å². The van der Waals surface area contributed by atoms with Gasteiger partial charge in [-0.05, 0) is 23.3 Å². The second kappa shape index (κ2) is 5.24. The molecule has 1 saturated heterocycles. The van der Waals surface area contributed by atoms with Crippen LogP contribution >= 0.6 is 0 Å². The molecular weight excluding hydrogens is 260 g/mol. The molecule has 3 rings (SSSR count). The summed E-state index contributed by atoms with van der Waals surface area (Å²) in [7, 11) is 5.92. The third kappa shape index (κ3) is 2.29. The Hall–Kier alpha value is -2.29. The van der Waals surface area contributed by atoms with Crippen molar-refractivity contribution < 1.29 is 4.79 Å². The molecule has 3 heteroatoms. The Kier molecular flexibility index (Phi) is 3.42. The van der Waals surface area contributed by atoms with E-state index in [1.807, 2.05) is 44.2 Å². The standard InChI is InChI=1S/C18H20N2O/c1-19(2)15-11-9-13(10-12-15)16-17(20(3)18(16)21)14-7-5-4-6-8-14/h4-12,16-17H,1-3H3/t16-,17-/m0/s1. The number of carbonyl (C=O) groups is 1. The minimum atomic E-state index is -0.0615. The van der Waals surface area contributed by atoms with E-state index in [0.29, 0.717) is 0 Å². The molecule has 0 N–H and O–H groups in total. The fourth-order valence-corrected chi connectivity index (χ4v) is 3.00. The number of nitrogens with zero attached hydrogens (tertiary/aromatic N) is 2. The van der Waals surface area contributed by atoms with Crippen LogP contribution in [0.4, 0.5) is 5.69 Å². The van der Waals surface area contributed by atoms with Crippen molar-refractivity contribution in [2.24, 2.45) is 0 Å². The van der Waals surface area contributed by atoms with Gasteiger partial charge >= 0.3 is 0 Å². The zero-order valence-corrected chi connectivity index (χ0v) is 12.7. The minimum Gasteiger partial charge on any atom is -0.378 e. The summed E-state index contributed by atoms with van der Waals surface area (Å²) in [5, 5.41) is 0. The average molecular weight is 280 g/mol. The van der Waals surface area contributed by atoms with Crippen LogP contribution in [0.3, 0.4) is 0 Å². The summed E-state index contributed by atoms with van der Waals surface area (Å²) >= 11 is 0. The number of carbonyl (C=O) groups excluding carboxylic acids is 1. The molecule has 0 unspecified atom stereocenters. The van der Waals surface area contributed by atoms with Gasteiger partial charge in [-0.3, -0.25) is 4.79 Å². The van der Waals surface area contributed by atoms with Crippen molar-refractivity contribution >= 4 is 11.6 Å². The summed E-state index contributed by atoms with van der Waals surface area (Å²) < 4.78 is 0. The Bertz CT molecular complexity index is 634. The van der Waals surface area contributed by atoms with Gasteiger partial charge in [0.2, 0.25) is 5.91 Å². The van der Waals surface area contributed by atoms with Crippen LogP contribution < -0.4 is 4.90 Å². The van der Waals surface area contributed by atoms with Crippen LogP contribution in [0, 0.1) is 0 Å². The van der Waals surface area contributed by atoms with E-state index in [4.69, 9.17) is 0 Å². The van der Waals surface area contributed by atoms with Gasteiger partial charge in [0.15, 0.2) is 0 Å². The Balaban J connectivity index is 1.91. The molecule has 0 radical (unpaired) electrons. The molecule has 1 heterocycles. The van der Waals surface area contributed by atoms with Crippen LogP contribution in [-0.4, -0.2) is 32.0 Å². The van der Waals surface area contributed by atoms with Crippen LogP contribution in [0.5, 0.6) is 0 Å². The summed E-state index contributed by atoms with van der Waals surface area (Å²) in [5.74, 6) is 0.134. The first-order valence-electron chi connectivity index (χ1n) is 7.18. The van der Waals surface area contributed by atoms with E-state index in [9.17, 15) is 4.79 Å². The normalized spacial score (nSPS) is 21.1. The fourth-order valence-electron chi connectivity index (χ4n) is 3.00. The maximum atomic E-state index is 12.3. The largest absolute Gasteiger partial charge is 0.378 e. The van der Waals surface area contributed by atoms with Crippen molar-refractivity contribution in [3.05, 3.63) is 65.7 Å². The van der Waals surface area contributed by atoms with E-state index in [0.717, 1.165) is 11.3 Å². The van der Waals surface area contributed by atoms with Gasteiger partial charge < -0.3 is 9.80 Å². The number of hydrogen-bond donors (Lipinski definition) is 0. The third-order valence-corrected chi connectivity index (χ3v) is 4.26. The smallest absolute Gasteiger partial charge is 0.232 e. The lowest BCUT2D eigenvalue weighted by Gasteiger charge is -2.45. The summed E-state index contributed by atoms with van der Waals surface area (Å²) in [6.45, 7) is 0. The first-order valence-corrected chi connectivity index (χ1v) is 7.18. The van der Waals surface area contributed by atoms with Crippen LogP contribution in [0.2, 0.25) is 0 Å². The molecule has 2 aromatic rings. The Morgan fingerprint density at radius 3 is 2.10 bits per heavy atom. The molecule has 0 saturated carbocycles. The minimum absolute atomic E-state index is 0.0615. The number of rotatable bonds is 3. The summed E-state index contributed by atoms with van der Waals surface area (Å²) in [6, 6.07) is 18.7. The van der Waals surface area contributed by atoms with Crippen molar-refractivity contribution in [2.75, 3.05) is 26.0 Å². The number of anilines is 1. The van der Waals surface area contributed by atoms with E-state index in [2.05, 4.69) is 41.3 Å². The molecular formula is C18H20N2O. The molecule has 1 amide bonds. The SMILES string of the molecule is CN(C)c1ccc([C@@H]2C(=O)N(C)[C@H]2c2ccccc2)cc1. The Morgan fingerprint density at radius 1 is 0.905 bits per heavy atom. The summed E-state index contributed by atoms with van der Waals surface area (Å²) in [5.41, 5.74) is 3.44. The monoisotopic (exact) mass is 280 g/mol. The topological polar surface area (TPSA) is 23.6 Å². The number of benzene rings is 2. The van der Waals surface area contributed by atoms with Gasteiger partial charge in [0.1, 0.15) is 0 Å². The highest BCUT2D eigenvalue weighted by molar-refractivity contribution is 5.91. The lowest BCUT2D eigenvalue weighted by molar-refractivity contribution is -0.147. The van der Waals surface area contributed by atoms with Crippen LogP contribution in [0.25, 0.3) is 0 Å². The zero-order valence-electron chi connectivity index (χ0n) is 12.7. The quantitative estimate of drug-likeness (QED) is 0.807. The second-order valence-electron chi connectivity index (χ2n) is 5.77. The van der Waals surface area contributed by atoms with E-state index in [1.165, 1.54) is 5.56 Å². The third-order valence-electron chi connectivity index (χ3n) is 4.26. The molecule has 2 aromatic carbocycles. The van der Waals surface area contributed by atoms with Gasteiger partial charge in [0.05, 0.1) is 12.0 Å². The highest BCUT2D eigenvalue weighted by atomic mass is 16.2. The highest BCUT2D eigenvalue weighted by Crippen LogP contribution is 2.45. The first kappa shape index (κ1) is 13.7. The number of likely N-dealkylation sites (tertiary alicyclic amines) is 1. The van der Waals surface area contributed by atoms with Crippen LogP contribution in [0.1, 0.15) is 23.1 Å². The van der Waals surface area contributed by atoms with Gasteiger partial charge in [-0.1, -0.05) is 42.5 Å². The van der Waals surface area contributed by atoms with Gasteiger partial charge in [0.25, 0.3) is 0 Å².